The Labute approximate surface area is 153 Å². The van der Waals surface area contributed by atoms with E-state index in [1.807, 2.05) is 13.0 Å². The average Bonchev–Trinajstić information content (AvgIpc) is 3.23. The molecule has 4 rings (SSSR count). The second-order valence-electron chi connectivity index (χ2n) is 5.92. The van der Waals surface area contributed by atoms with Crippen LogP contribution >= 0.6 is 0 Å². The molecule has 0 radical (unpaired) electrons. The molecule has 2 heterocycles. The normalized spacial score (nSPS) is 10.9. The quantitative estimate of drug-likeness (QED) is 0.599. The first-order valence-corrected chi connectivity index (χ1v) is 8.35. The van der Waals surface area contributed by atoms with Crippen molar-refractivity contribution in [3.8, 4) is 5.69 Å². The third-order valence-electron chi connectivity index (χ3n) is 4.14. The van der Waals surface area contributed by atoms with E-state index >= 15 is 0 Å². The van der Waals surface area contributed by atoms with E-state index in [1.165, 1.54) is 17.1 Å². The summed E-state index contributed by atoms with van der Waals surface area (Å²) in [4.78, 5) is 24.9. The Morgan fingerprint density at radius 3 is 2.85 bits per heavy atom. The van der Waals surface area contributed by atoms with E-state index in [1.54, 1.807) is 36.4 Å². The maximum atomic E-state index is 12.5. The highest BCUT2D eigenvalue weighted by atomic mass is 16.3. The molecule has 0 saturated carbocycles. The van der Waals surface area contributed by atoms with Gasteiger partial charge in [0.2, 0.25) is 0 Å². The van der Waals surface area contributed by atoms with E-state index in [0.29, 0.717) is 22.3 Å². The SMILES string of the molecule is CCc1ccc2oc(C(=O)Nc3cccc(-n4cnnn4)c3)cc(=O)c2c1. The third-order valence-corrected chi connectivity index (χ3v) is 4.14. The molecule has 2 aromatic carbocycles. The number of aryl methyl sites for hydroxylation is 1. The van der Waals surface area contributed by atoms with Gasteiger partial charge in [-0.1, -0.05) is 19.1 Å². The fourth-order valence-electron chi connectivity index (χ4n) is 2.73. The summed E-state index contributed by atoms with van der Waals surface area (Å²) in [5.74, 6) is -0.563. The maximum absolute atomic E-state index is 12.5. The van der Waals surface area contributed by atoms with Crippen LogP contribution in [-0.4, -0.2) is 26.1 Å². The predicted octanol–water partition coefficient (Wildman–Crippen LogP) is 2.58. The number of amides is 1. The zero-order valence-corrected chi connectivity index (χ0v) is 14.4. The van der Waals surface area contributed by atoms with E-state index in [0.717, 1.165) is 12.0 Å². The van der Waals surface area contributed by atoms with Crippen LogP contribution < -0.4 is 10.7 Å². The minimum Gasteiger partial charge on any atom is -0.451 e. The van der Waals surface area contributed by atoms with Crippen LogP contribution in [0, 0.1) is 0 Å². The van der Waals surface area contributed by atoms with Crippen molar-refractivity contribution in [2.24, 2.45) is 0 Å². The molecule has 0 bridgehead atoms. The number of aromatic nitrogens is 4. The number of carbonyl (C=O) groups excluding carboxylic acids is 1. The molecule has 134 valence electrons. The number of carbonyl (C=O) groups is 1. The van der Waals surface area contributed by atoms with Gasteiger partial charge in [0.1, 0.15) is 11.9 Å². The van der Waals surface area contributed by atoms with E-state index in [4.69, 9.17) is 4.42 Å². The minimum atomic E-state index is -0.512. The van der Waals surface area contributed by atoms with Crippen molar-refractivity contribution in [2.45, 2.75) is 13.3 Å². The molecular formula is C19H15N5O3. The van der Waals surface area contributed by atoms with E-state index in [2.05, 4.69) is 20.8 Å². The number of nitrogens with zero attached hydrogens (tertiary/aromatic N) is 4. The topological polar surface area (TPSA) is 103 Å². The van der Waals surface area contributed by atoms with Gasteiger partial charge in [0, 0.05) is 11.8 Å². The number of benzene rings is 2. The van der Waals surface area contributed by atoms with Crippen LogP contribution in [0.15, 0.2) is 64.1 Å². The minimum absolute atomic E-state index is 0.0513. The Balaban J connectivity index is 1.64. The lowest BCUT2D eigenvalue weighted by Crippen LogP contribution is -2.15. The van der Waals surface area contributed by atoms with Crippen molar-refractivity contribution < 1.29 is 9.21 Å². The van der Waals surface area contributed by atoms with E-state index in [9.17, 15) is 9.59 Å². The summed E-state index contributed by atoms with van der Waals surface area (Å²) in [6.45, 7) is 2.01. The Kier molecular flexibility index (Phi) is 4.21. The van der Waals surface area contributed by atoms with Gasteiger partial charge in [0.15, 0.2) is 11.2 Å². The molecular weight excluding hydrogens is 346 g/mol. The number of hydrogen-bond acceptors (Lipinski definition) is 6. The van der Waals surface area contributed by atoms with Crippen molar-refractivity contribution in [3.05, 3.63) is 76.4 Å². The summed E-state index contributed by atoms with van der Waals surface area (Å²) in [5.41, 5.74) is 2.37. The van der Waals surface area contributed by atoms with Gasteiger partial charge in [-0.25, -0.2) is 4.68 Å². The van der Waals surface area contributed by atoms with Crippen LogP contribution in [-0.2, 0) is 6.42 Å². The highest BCUT2D eigenvalue weighted by Crippen LogP contribution is 2.17. The zero-order valence-electron chi connectivity index (χ0n) is 14.4. The largest absolute Gasteiger partial charge is 0.451 e. The van der Waals surface area contributed by atoms with Gasteiger partial charge in [-0.15, -0.1) is 5.10 Å². The highest BCUT2D eigenvalue weighted by molar-refractivity contribution is 6.03. The summed E-state index contributed by atoms with van der Waals surface area (Å²) >= 11 is 0. The van der Waals surface area contributed by atoms with Crippen LogP contribution in [0.25, 0.3) is 16.7 Å². The van der Waals surface area contributed by atoms with E-state index < -0.39 is 5.91 Å². The van der Waals surface area contributed by atoms with Crippen LogP contribution in [0.4, 0.5) is 5.69 Å². The molecule has 2 aromatic heterocycles. The molecule has 0 aliphatic heterocycles. The number of tetrazole rings is 1. The van der Waals surface area contributed by atoms with Crippen LogP contribution in [0.1, 0.15) is 23.0 Å². The summed E-state index contributed by atoms with van der Waals surface area (Å²) in [5, 5.41) is 14.2. The molecule has 8 heteroatoms. The van der Waals surface area contributed by atoms with Gasteiger partial charge < -0.3 is 9.73 Å². The number of rotatable bonds is 4. The first-order chi connectivity index (χ1) is 13.1. The van der Waals surface area contributed by atoms with Crippen molar-refractivity contribution in [1.82, 2.24) is 20.2 Å². The summed E-state index contributed by atoms with van der Waals surface area (Å²) < 4.78 is 7.10. The fourth-order valence-corrected chi connectivity index (χ4v) is 2.73. The van der Waals surface area contributed by atoms with Gasteiger partial charge in [-0.2, -0.15) is 0 Å². The summed E-state index contributed by atoms with van der Waals surface area (Å²) in [6, 6.07) is 13.6. The molecule has 8 nitrogen and oxygen atoms in total. The van der Waals surface area contributed by atoms with Crippen LogP contribution in [0.2, 0.25) is 0 Å². The van der Waals surface area contributed by atoms with Gasteiger partial charge in [0.25, 0.3) is 5.91 Å². The molecule has 0 aliphatic rings. The highest BCUT2D eigenvalue weighted by Gasteiger charge is 2.13. The monoisotopic (exact) mass is 361 g/mol. The second-order valence-corrected chi connectivity index (χ2v) is 5.92. The molecule has 0 unspecified atom stereocenters. The molecule has 0 saturated heterocycles. The Morgan fingerprint density at radius 2 is 2.07 bits per heavy atom. The van der Waals surface area contributed by atoms with Gasteiger partial charge >= 0.3 is 0 Å². The number of anilines is 1. The fraction of sp³-hybridized carbons (Fsp3) is 0.105. The lowest BCUT2D eigenvalue weighted by molar-refractivity contribution is 0.0997. The molecule has 0 fully saturated rings. The van der Waals surface area contributed by atoms with Gasteiger partial charge in [-0.05, 0) is 52.7 Å². The maximum Gasteiger partial charge on any atom is 0.291 e. The average molecular weight is 361 g/mol. The van der Waals surface area contributed by atoms with E-state index in [-0.39, 0.29) is 11.2 Å². The number of fused-ring (bicyclic) bond motifs is 1. The molecule has 1 N–H and O–H groups in total. The molecule has 0 aliphatic carbocycles. The Morgan fingerprint density at radius 1 is 1.19 bits per heavy atom. The molecule has 4 aromatic rings. The van der Waals surface area contributed by atoms with Crippen molar-refractivity contribution in [3.63, 3.8) is 0 Å². The van der Waals surface area contributed by atoms with Crippen molar-refractivity contribution >= 4 is 22.6 Å². The third kappa shape index (κ3) is 3.32. The summed E-state index contributed by atoms with van der Waals surface area (Å²) in [6.07, 6.45) is 2.27. The first kappa shape index (κ1) is 16.6. The second kappa shape index (κ2) is 6.83. The predicted molar refractivity (Wildman–Crippen MR) is 99.0 cm³/mol. The molecule has 1 amide bonds. The lowest BCUT2D eigenvalue weighted by atomic mass is 10.1. The van der Waals surface area contributed by atoms with Crippen LogP contribution in [0.5, 0.6) is 0 Å². The Bertz CT molecular complexity index is 1180. The van der Waals surface area contributed by atoms with Crippen LogP contribution in [0.3, 0.4) is 0 Å². The molecule has 27 heavy (non-hydrogen) atoms. The molecule has 0 atom stereocenters. The smallest absolute Gasteiger partial charge is 0.291 e. The Hall–Kier alpha value is -3.81. The van der Waals surface area contributed by atoms with Crippen molar-refractivity contribution in [2.75, 3.05) is 5.32 Å². The zero-order chi connectivity index (χ0) is 18.8. The standard InChI is InChI=1S/C19H15N5O3/c1-2-12-6-7-17-15(8-12)16(25)10-18(27-17)19(26)21-13-4-3-5-14(9-13)24-11-20-22-23-24/h3-11H,2H2,1H3,(H,21,26). The van der Waals surface area contributed by atoms with Gasteiger partial charge in [0.05, 0.1) is 11.1 Å². The summed E-state index contributed by atoms with van der Waals surface area (Å²) in [7, 11) is 0. The first-order valence-electron chi connectivity index (χ1n) is 8.35. The number of nitrogens with one attached hydrogen (secondary N) is 1. The molecule has 0 spiro atoms. The number of hydrogen-bond donors (Lipinski definition) is 1. The van der Waals surface area contributed by atoms with Crippen molar-refractivity contribution in [1.29, 1.82) is 0 Å². The van der Waals surface area contributed by atoms with Gasteiger partial charge in [-0.3, -0.25) is 9.59 Å². The lowest BCUT2D eigenvalue weighted by Gasteiger charge is -2.07.